The molecule has 0 saturated heterocycles. The molecule has 4 N–H and O–H groups in total. The van der Waals surface area contributed by atoms with Crippen molar-refractivity contribution in [3.63, 3.8) is 0 Å². The predicted molar refractivity (Wildman–Crippen MR) is 69.5 cm³/mol. The van der Waals surface area contributed by atoms with Gasteiger partial charge < -0.3 is 16.3 Å². The number of carbonyl (C=O) groups excluding carboxylic acids is 1. The van der Waals surface area contributed by atoms with E-state index in [2.05, 4.69) is 15.6 Å². The van der Waals surface area contributed by atoms with Crippen LogP contribution >= 0.6 is 0 Å². The number of amidine groups is 1. The third-order valence-electron chi connectivity index (χ3n) is 3.68. The minimum Gasteiger partial charge on any atom is -0.409 e. The van der Waals surface area contributed by atoms with E-state index >= 15 is 0 Å². The molecule has 0 radical (unpaired) electrons. The van der Waals surface area contributed by atoms with Crippen LogP contribution in [0, 0.1) is 5.41 Å². The summed E-state index contributed by atoms with van der Waals surface area (Å²) in [6.45, 7) is 1.08. The molecule has 7 nitrogen and oxygen atoms in total. The van der Waals surface area contributed by atoms with Crippen molar-refractivity contribution in [1.29, 1.82) is 0 Å². The van der Waals surface area contributed by atoms with E-state index in [-0.39, 0.29) is 11.7 Å². The topological polar surface area (TPSA) is 106 Å². The Labute approximate surface area is 111 Å². The average Bonchev–Trinajstić information content (AvgIpc) is 3.09. The van der Waals surface area contributed by atoms with E-state index in [1.165, 1.54) is 0 Å². The number of hydrogen-bond donors (Lipinski definition) is 3. The van der Waals surface area contributed by atoms with Crippen LogP contribution in [-0.2, 0) is 11.3 Å². The molecule has 1 amide bonds. The summed E-state index contributed by atoms with van der Waals surface area (Å²) in [5.41, 5.74) is 4.87. The molecule has 1 aliphatic rings. The fourth-order valence-corrected chi connectivity index (χ4v) is 2.56. The highest BCUT2D eigenvalue weighted by Gasteiger charge is 2.45. The molecule has 0 aliphatic heterocycles. The third kappa shape index (κ3) is 2.69. The van der Waals surface area contributed by atoms with Gasteiger partial charge in [-0.25, -0.2) is 0 Å². The normalized spacial score (nSPS) is 18.4. The van der Waals surface area contributed by atoms with Gasteiger partial charge in [-0.3, -0.25) is 9.48 Å². The number of nitrogens with zero attached hydrogens (tertiary/aromatic N) is 3. The van der Waals surface area contributed by atoms with Gasteiger partial charge in [0.15, 0.2) is 5.84 Å². The number of carbonyl (C=O) groups is 1. The lowest BCUT2D eigenvalue weighted by Gasteiger charge is -2.25. The molecule has 1 saturated carbocycles. The van der Waals surface area contributed by atoms with Gasteiger partial charge in [0.25, 0.3) is 0 Å². The molecule has 2 rings (SSSR count). The Hall–Kier alpha value is -2.05. The Morgan fingerprint density at radius 1 is 1.53 bits per heavy atom. The van der Waals surface area contributed by atoms with Gasteiger partial charge in [0.05, 0.1) is 6.54 Å². The Kier molecular flexibility index (Phi) is 4.03. The molecule has 0 bridgehead atoms. The largest absolute Gasteiger partial charge is 0.409 e. The number of nitrogens with two attached hydrogens (primary N) is 1. The second-order valence-corrected chi connectivity index (χ2v) is 4.80. The van der Waals surface area contributed by atoms with Crippen LogP contribution in [0.2, 0.25) is 0 Å². The first-order valence-corrected chi connectivity index (χ1v) is 6.43. The molecule has 0 unspecified atom stereocenters. The quantitative estimate of drug-likeness (QED) is 0.308. The zero-order valence-electron chi connectivity index (χ0n) is 10.7. The maximum Gasteiger partial charge on any atom is 0.234 e. The van der Waals surface area contributed by atoms with Gasteiger partial charge in [-0.1, -0.05) is 18.0 Å². The number of oxime groups is 1. The van der Waals surface area contributed by atoms with Gasteiger partial charge in [-0.2, -0.15) is 5.10 Å². The van der Waals surface area contributed by atoms with Crippen LogP contribution in [0.5, 0.6) is 0 Å². The fourth-order valence-electron chi connectivity index (χ4n) is 2.56. The van der Waals surface area contributed by atoms with Crippen LogP contribution in [-0.4, -0.2) is 33.3 Å². The molecule has 1 fully saturated rings. The van der Waals surface area contributed by atoms with E-state index in [0.717, 1.165) is 12.8 Å². The van der Waals surface area contributed by atoms with Gasteiger partial charge in [-0.05, 0) is 18.9 Å². The van der Waals surface area contributed by atoms with E-state index in [1.54, 1.807) is 10.9 Å². The first-order valence-electron chi connectivity index (χ1n) is 6.43. The Morgan fingerprint density at radius 3 is 2.84 bits per heavy atom. The molecule has 1 aromatic heterocycles. The van der Waals surface area contributed by atoms with Crippen LogP contribution in [0.4, 0.5) is 0 Å². The summed E-state index contributed by atoms with van der Waals surface area (Å²) >= 11 is 0. The summed E-state index contributed by atoms with van der Waals surface area (Å²) in [5, 5.41) is 18.8. The van der Waals surface area contributed by atoms with Crippen LogP contribution in [0.25, 0.3) is 0 Å². The van der Waals surface area contributed by atoms with Gasteiger partial charge >= 0.3 is 0 Å². The first kappa shape index (κ1) is 13.4. The van der Waals surface area contributed by atoms with Gasteiger partial charge in [-0.15, -0.1) is 0 Å². The number of rotatable bonds is 5. The average molecular weight is 265 g/mol. The van der Waals surface area contributed by atoms with Gasteiger partial charge in [0.1, 0.15) is 5.41 Å². The minimum atomic E-state index is -0.834. The molecule has 1 aliphatic carbocycles. The maximum atomic E-state index is 12.3. The Balaban J connectivity index is 1.93. The lowest BCUT2D eigenvalue weighted by molar-refractivity contribution is -0.127. The molecule has 1 heterocycles. The van der Waals surface area contributed by atoms with Crippen LogP contribution < -0.4 is 11.1 Å². The molecule has 0 aromatic carbocycles. The van der Waals surface area contributed by atoms with Crippen molar-refractivity contribution in [3.8, 4) is 0 Å². The Morgan fingerprint density at radius 2 is 2.26 bits per heavy atom. The molecule has 19 heavy (non-hydrogen) atoms. The van der Waals surface area contributed by atoms with Crippen molar-refractivity contribution in [2.24, 2.45) is 16.3 Å². The number of aromatic nitrogens is 2. The highest BCUT2D eigenvalue weighted by atomic mass is 16.4. The summed E-state index contributed by atoms with van der Waals surface area (Å²) in [7, 11) is 0. The van der Waals surface area contributed by atoms with Crippen molar-refractivity contribution in [1.82, 2.24) is 15.1 Å². The van der Waals surface area contributed by atoms with E-state index in [1.807, 2.05) is 12.3 Å². The number of nitrogens with one attached hydrogen (secondary N) is 1. The monoisotopic (exact) mass is 265 g/mol. The molecular formula is C12H19N5O2. The van der Waals surface area contributed by atoms with Gasteiger partial charge in [0, 0.05) is 18.9 Å². The zero-order valence-corrected chi connectivity index (χ0v) is 10.7. The molecular weight excluding hydrogens is 246 g/mol. The highest BCUT2D eigenvalue weighted by molar-refractivity contribution is 6.07. The van der Waals surface area contributed by atoms with E-state index in [0.29, 0.717) is 25.9 Å². The molecule has 0 spiro atoms. The third-order valence-corrected chi connectivity index (χ3v) is 3.68. The SMILES string of the molecule is NC(=NO)C1(C(=O)NCCn2cccn2)CCCC1. The lowest BCUT2D eigenvalue weighted by atomic mass is 9.84. The first-order chi connectivity index (χ1) is 9.19. The molecule has 7 heteroatoms. The maximum absolute atomic E-state index is 12.3. The summed E-state index contributed by atoms with van der Waals surface area (Å²) in [5.74, 6) is -0.144. The smallest absolute Gasteiger partial charge is 0.234 e. The summed E-state index contributed by atoms with van der Waals surface area (Å²) < 4.78 is 1.74. The van der Waals surface area contributed by atoms with E-state index < -0.39 is 5.41 Å². The second kappa shape index (κ2) is 5.73. The summed E-state index contributed by atoms with van der Waals surface area (Å²) in [6.07, 6.45) is 6.64. The van der Waals surface area contributed by atoms with Crippen molar-refractivity contribution < 1.29 is 10.0 Å². The van der Waals surface area contributed by atoms with E-state index in [4.69, 9.17) is 10.9 Å². The van der Waals surface area contributed by atoms with Crippen LogP contribution in [0.1, 0.15) is 25.7 Å². The van der Waals surface area contributed by atoms with Crippen molar-refractivity contribution in [3.05, 3.63) is 18.5 Å². The standard InChI is InChI=1S/C12H19N5O2/c13-10(16-19)12(4-1-2-5-12)11(18)14-7-9-17-8-3-6-15-17/h3,6,8,19H,1-2,4-5,7,9H2,(H2,13,16)(H,14,18). The zero-order chi connectivity index (χ0) is 13.7. The van der Waals surface area contributed by atoms with Gasteiger partial charge in [0.2, 0.25) is 5.91 Å². The summed E-state index contributed by atoms with van der Waals surface area (Å²) in [4.78, 5) is 12.3. The summed E-state index contributed by atoms with van der Waals surface area (Å²) in [6, 6.07) is 1.83. The second-order valence-electron chi connectivity index (χ2n) is 4.80. The van der Waals surface area contributed by atoms with E-state index in [9.17, 15) is 4.79 Å². The fraction of sp³-hybridized carbons (Fsp3) is 0.583. The lowest BCUT2D eigenvalue weighted by Crippen LogP contribution is -2.48. The number of amides is 1. The van der Waals surface area contributed by atoms with Crippen molar-refractivity contribution >= 4 is 11.7 Å². The van der Waals surface area contributed by atoms with Crippen molar-refractivity contribution in [2.45, 2.75) is 32.2 Å². The van der Waals surface area contributed by atoms with Crippen LogP contribution in [0.15, 0.2) is 23.6 Å². The minimum absolute atomic E-state index is 0.0154. The molecule has 1 aromatic rings. The number of hydrogen-bond acceptors (Lipinski definition) is 4. The van der Waals surface area contributed by atoms with Crippen LogP contribution in [0.3, 0.4) is 0 Å². The Bertz CT molecular complexity index is 449. The molecule has 104 valence electrons. The highest BCUT2D eigenvalue weighted by Crippen LogP contribution is 2.38. The molecule has 0 atom stereocenters. The predicted octanol–water partition coefficient (Wildman–Crippen LogP) is 0.306. The van der Waals surface area contributed by atoms with Crippen molar-refractivity contribution in [2.75, 3.05) is 6.54 Å².